The van der Waals surface area contributed by atoms with Crippen molar-refractivity contribution in [3.8, 4) is 0 Å². The van der Waals surface area contributed by atoms with Gasteiger partial charge in [-0.1, -0.05) is 0 Å². The van der Waals surface area contributed by atoms with E-state index in [2.05, 4.69) is 4.90 Å². The van der Waals surface area contributed by atoms with Gasteiger partial charge in [0, 0.05) is 12.1 Å². The predicted octanol–water partition coefficient (Wildman–Crippen LogP) is 0.964. The van der Waals surface area contributed by atoms with Crippen LogP contribution in [0.1, 0.15) is 32.1 Å². The first-order valence-electron chi connectivity index (χ1n) is 5.21. The third kappa shape index (κ3) is 0.882. The summed E-state index contributed by atoms with van der Waals surface area (Å²) in [7, 11) is 0. The molecule has 0 amide bonds. The molecular weight excluding hydrogens is 148 g/mol. The molecule has 1 aliphatic heterocycles. The first-order chi connectivity index (χ1) is 5.70. The topological polar surface area (TPSA) is 29.3 Å². The zero-order chi connectivity index (χ0) is 8.23. The molecule has 2 N–H and O–H groups in total. The van der Waals surface area contributed by atoms with E-state index in [1.54, 1.807) is 0 Å². The summed E-state index contributed by atoms with van der Waals surface area (Å²) in [6, 6.07) is 0. The molecule has 0 unspecified atom stereocenters. The molecule has 0 atom stereocenters. The van der Waals surface area contributed by atoms with Crippen LogP contribution in [0.25, 0.3) is 0 Å². The van der Waals surface area contributed by atoms with Crippen LogP contribution in [-0.2, 0) is 0 Å². The van der Waals surface area contributed by atoms with E-state index >= 15 is 0 Å². The Hall–Kier alpha value is -0.0800. The third-order valence-electron chi connectivity index (χ3n) is 3.94. The van der Waals surface area contributed by atoms with Gasteiger partial charge < -0.3 is 10.6 Å². The van der Waals surface area contributed by atoms with Crippen LogP contribution in [0, 0.1) is 5.41 Å². The number of likely N-dealkylation sites (tertiary alicyclic amines) is 1. The zero-order valence-corrected chi connectivity index (χ0v) is 7.68. The summed E-state index contributed by atoms with van der Waals surface area (Å²) >= 11 is 0. The molecule has 4 rings (SSSR count). The summed E-state index contributed by atoms with van der Waals surface area (Å²) in [4.78, 5) is 2.64. The Morgan fingerprint density at radius 2 is 1.67 bits per heavy atom. The van der Waals surface area contributed by atoms with E-state index in [0.29, 0.717) is 11.0 Å². The highest BCUT2D eigenvalue weighted by atomic mass is 15.2. The van der Waals surface area contributed by atoms with Crippen LogP contribution in [0.15, 0.2) is 0 Å². The van der Waals surface area contributed by atoms with E-state index in [4.69, 9.17) is 5.73 Å². The number of rotatable bonds is 2. The first kappa shape index (κ1) is 7.34. The molecule has 0 aromatic rings. The zero-order valence-electron chi connectivity index (χ0n) is 7.68. The smallest absolute Gasteiger partial charge is 0.0171 e. The maximum absolute atomic E-state index is 6.03. The highest BCUT2D eigenvalue weighted by Gasteiger charge is 2.65. The molecular formula is C10H18N2. The fraction of sp³-hybridized carbons (Fsp3) is 1.00. The van der Waals surface area contributed by atoms with Crippen molar-refractivity contribution in [2.75, 3.05) is 19.6 Å². The number of nitrogens with two attached hydrogens (primary N) is 1. The minimum Gasteiger partial charge on any atom is -0.325 e. The summed E-state index contributed by atoms with van der Waals surface area (Å²) in [5.41, 5.74) is 7.03. The van der Waals surface area contributed by atoms with Gasteiger partial charge in [-0.15, -0.1) is 0 Å². The predicted molar refractivity (Wildman–Crippen MR) is 48.9 cm³/mol. The van der Waals surface area contributed by atoms with Crippen LogP contribution in [0.5, 0.6) is 0 Å². The highest BCUT2D eigenvalue weighted by Crippen LogP contribution is 2.66. The second-order valence-corrected chi connectivity index (χ2v) is 5.38. The molecule has 2 bridgehead atoms. The molecule has 3 saturated carbocycles. The van der Waals surface area contributed by atoms with E-state index in [-0.39, 0.29) is 0 Å². The summed E-state index contributed by atoms with van der Waals surface area (Å²) in [5.74, 6) is 0. The summed E-state index contributed by atoms with van der Waals surface area (Å²) in [6.45, 7) is 4.05. The quantitative estimate of drug-likeness (QED) is 0.662. The summed E-state index contributed by atoms with van der Waals surface area (Å²) in [5, 5.41) is 0. The standard InChI is InChI=1S/C10H18N2/c11-10-5-9(6-10,7-10)8-12-3-1-2-4-12/h1-8,11H2. The summed E-state index contributed by atoms with van der Waals surface area (Å²) < 4.78 is 0. The lowest BCUT2D eigenvalue weighted by Crippen LogP contribution is -2.74. The van der Waals surface area contributed by atoms with Gasteiger partial charge in [0.2, 0.25) is 0 Å². The molecule has 0 aromatic heterocycles. The minimum atomic E-state index is 0.305. The Balaban J connectivity index is 1.56. The van der Waals surface area contributed by atoms with Crippen molar-refractivity contribution < 1.29 is 0 Å². The Labute approximate surface area is 74.1 Å². The molecule has 2 heteroatoms. The Kier molecular flexibility index (Phi) is 1.25. The molecule has 0 spiro atoms. The van der Waals surface area contributed by atoms with Crippen molar-refractivity contribution in [3.05, 3.63) is 0 Å². The third-order valence-corrected chi connectivity index (χ3v) is 3.94. The van der Waals surface area contributed by atoms with E-state index in [0.717, 1.165) is 0 Å². The van der Waals surface area contributed by atoms with Gasteiger partial charge in [-0.25, -0.2) is 0 Å². The van der Waals surface area contributed by atoms with Crippen LogP contribution >= 0.6 is 0 Å². The Morgan fingerprint density at radius 1 is 1.08 bits per heavy atom. The fourth-order valence-electron chi connectivity index (χ4n) is 3.67. The summed E-state index contributed by atoms with van der Waals surface area (Å²) in [6.07, 6.45) is 6.79. The van der Waals surface area contributed by atoms with E-state index < -0.39 is 0 Å². The molecule has 12 heavy (non-hydrogen) atoms. The largest absolute Gasteiger partial charge is 0.325 e. The van der Waals surface area contributed by atoms with Crippen molar-refractivity contribution >= 4 is 0 Å². The lowest BCUT2D eigenvalue weighted by molar-refractivity contribution is -0.144. The average Bonchev–Trinajstić information content (AvgIpc) is 2.33. The molecule has 4 fully saturated rings. The lowest BCUT2D eigenvalue weighted by atomic mass is 9.40. The second kappa shape index (κ2) is 2.05. The van der Waals surface area contributed by atoms with Gasteiger partial charge in [0.05, 0.1) is 0 Å². The molecule has 1 saturated heterocycles. The van der Waals surface area contributed by atoms with Crippen molar-refractivity contribution in [2.45, 2.75) is 37.6 Å². The normalized spacial score (nSPS) is 51.8. The molecule has 2 nitrogen and oxygen atoms in total. The van der Waals surface area contributed by atoms with Gasteiger partial charge in [0.15, 0.2) is 0 Å². The molecule has 0 radical (unpaired) electrons. The second-order valence-electron chi connectivity index (χ2n) is 5.38. The highest BCUT2D eigenvalue weighted by molar-refractivity contribution is 5.22. The molecule has 68 valence electrons. The van der Waals surface area contributed by atoms with Crippen molar-refractivity contribution in [2.24, 2.45) is 11.1 Å². The lowest BCUT2D eigenvalue weighted by Gasteiger charge is -2.70. The van der Waals surface area contributed by atoms with E-state index in [1.807, 2.05) is 0 Å². The van der Waals surface area contributed by atoms with Crippen LogP contribution in [0.3, 0.4) is 0 Å². The van der Waals surface area contributed by atoms with Gasteiger partial charge in [0.1, 0.15) is 0 Å². The Bertz CT molecular complexity index is 186. The van der Waals surface area contributed by atoms with Gasteiger partial charge in [-0.05, 0) is 50.6 Å². The molecule has 3 aliphatic carbocycles. The molecule has 4 aliphatic rings. The number of hydrogen-bond donors (Lipinski definition) is 1. The van der Waals surface area contributed by atoms with Gasteiger partial charge >= 0.3 is 0 Å². The maximum Gasteiger partial charge on any atom is 0.0171 e. The average molecular weight is 166 g/mol. The van der Waals surface area contributed by atoms with Crippen molar-refractivity contribution in [1.82, 2.24) is 4.90 Å². The van der Waals surface area contributed by atoms with E-state index in [1.165, 1.54) is 51.7 Å². The Morgan fingerprint density at radius 3 is 2.17 bits per heavy atom. The minimum absolute atomic E-state index is 0.305. The van der Waals surface area contributed by atoms with Gasteiger partial charge in [0.25, 0.3) is 0 Å². The van der Waals surface area contributed by atoms with Crippen LogP contribution in [0.2, 0.25) is 0 Å². The van der Waals surface area contributed by atoms with Crippen LogP contribution in [0.4, 0.5) is 0 Å². The number of nitrogens with zero attached hydrogens (tertiary/aromatic N) is 1. The molecule has 1 heterocycles. The van der Waals surface area contributed by atoms with Gasteiger partial charge in [-0.2, -0.15) is 0 Å². The molecule has 0 aromatic carbocycles. The van der Waals surface area contributed by atoms with Crippen LogP contribution < -0.4 is 5.73 Å². The first-order valence-corrected chi connectivity index (χ1v) is 5.21. The SMILES string of the molecule is NC12CC(CN3CCCC3)(C1)C2. The maximum atomic E-state index is 6.03. The van der Waals surface area contributed by atoms with Gasteiger partial charge in [-0.3, -0.25) is 0 Å². The monoisotopic (exact) mass is 166 g/mol. The number of hydrogen-bond acceptors (Lipinski definition) is 2. The fourth-order valence-corrected chi connectivity index (χ4v) is 3.67. The van der Waals surface area contributed by atoms with Crippen molar-refractivity contribution in [3.63, 3.8) is 0 Å². The van der Waals surface area contributed by atoms with Crippen LogP contribution in [-0.4, -0.2) is 30.1 Å². The van der Waals surface area contributed by atoms with Crippen molar-refractivity contribution in [1.29, 1.82) is 0 Å². The van der Waals surface area contributed by atoms with E-state index in [9.17, 15) is 0 Å².